The van der Waals surface area contributed by atoms with Crippen molar-refractivity contribution in [3.63, 3.8) is 0 Å². The van der Waals surface area contributed by atoms with E-state index in [1.165, 1.54) is 24.4 Å². The summed E-state index contributed by atoms with van der Waals surface area (Å²) in [7, 11) is 1.97. The Balaban J connectivity index is 2.11. The van der Waals surface area contributed by atoms with Crippen LogP contribution in [0.3, 0.4) is 0 Å². The molecule has 1 aromatic carbocycles. The minimum absolute atomic E-state index is 0.0334. The van der Waals surface area contributed by atoms with Crippen LogP contribution < -0.4 is 10.2 Å². The number of hydrogen-bond acceptors (Lipinski definition) is 3. The molecule has 0 fully saturated rings. The average Bonchev–Trinajstić information content (AvgIpc) is 2.56. The van der Waals surface area contributed by atoms with Gasteiger partial charge in [-0.1, -0.05) is 24.9 Å². The second-order valence-corrected chi connectivity index (χ2v) is 5.70. The number of unbranched alkanes of at least 4 members (excludes halogenated alkanes) is 1. The molecule has 0 bridgehead atoms. The largest absolute Gasteiger partial charge is 0.373 e. The summed E-state index contributed by atoms with van der Waals surface area (Å²) < 4.78 is 13.1. The highest BCUT2D eigenvalue weighted by Crippen LogP contribution is 2.20. The second-order valence-electron chi connectivity index (χ2n) is 5.29. The van der Waals surface area contributed by atoms with Gasteiger partial charge in [-0.15, -0.1) is 0 Å². The predicted octanol–water partition coefficient (Wildman–Crippen LogP) is 4.36. The molecule has 2 aromatic rings. The number of carbonyl (C=O) groups excluding carboxylic acids is 1. The number of carbonyl (C=O) groups is 1. The van der Waals surface area contributed by atoms with Gasteiger partial charge in [0, 0.05) is 25.5 Å². The Bertz CT molecular complexity index is 693. The van der Waals surface area contributed by atoms with Gasteiger partial charge in [-0.3, -0.25) is 9.78 Å². The van der Waals surface area contributed by atoms with Crippen molar-refractivity contribution in [1.82, 2.24) is 4.98 Å². The monoisotopic (exact) mass is 335 g/mol. The van der Waals surface area contributed by atoms with E-state index in [4.69, 9.17) is 11.6 Å². The summed E-state index contributed by atoms with van der Waals surface area (Å²) in [5, 5.41) is 2.65. The smallest absolute Gasteiger partial charge is 0.257 e. The third-order valence-electron chi connectivity index (χ3n) is 3.45. The molecule has 1 amide bonds. The number of aromatic nitrogens is 1. The Hall–Kier alpha value is -2.14. The number of halogens is 2. The van der Waals surface area contributed by atoms with Crippen LogP contribution in [0, 0.1) is 5.82 Å². The van der Waals surface area contributed by atoms with Crippen LogP contribution in [0.25, 0.3) is 0 Å². The first kappa shape index (κ1) is 17.2. The van der Waals surface area contributed by atoms with E-state index in [9.17, 15) is 9.18 Å². The summed E-state index contributed by atoms with van der Waals surface area (Å²) in [6.07, 6.45) is 5.39. The van der Waals surface area contributed by atoms with Crippen LogP contribution in [0.15, 0.2) is 36.7 Å². The number of nitrogens with one attached hydrogen (secondary N) is 1. The highest BCUT2D eigenvalue weighted by Gasteiger charge is 2.10. The molecule has 4 nitrogen and oxygen atoms in total. The zero-order valence-electron chi connectivity index (χ0n) is 13.1. The standard InChI is InChI=1S/C17H19ClFN3O/c1-3-4-7-22(2)14-8-12(10-20-11-14)17(23)21-13-5-6-16(19)15(18)9-13/h5-6,8-11H,3-4,7H2,1-2H3,(H,21,23). The Morgan fingerprint density at radius 3 is 2.83 bits per heavy atom. The van der Waals surface area contributed by atoms with Crippen molar-refractivity contribution in [2.75, 3.05) is 23.8 Å². The van der Waals surface area contributed by atoms with Crippen LogP contribution >= 0.6 is 11.6 Å². The maximum absolute atomic E-state index is 13.1. The van der Waals surface area contributed by atoms with E-state index in [1.54, 1.807) is 12.3 Å². The first-order valence-corrected chi connectivity index (χ1v) is 7.81. The number of nitrogens with zero attached hydrogens (tertiary/aromatic N) is 2. The van der Waals surface area contributed by atoms with Crippen molar-refractivity contribution in [2.45, 2.75) is 19.8 Å². The fourth-order valence-electron chi connectivity index (χ4n) is 2.06. The lowest BCUT2D eigenvalue weighted by Gasteiger charge is -2.19. The van der Waals surface area contributed by atoms with E-state index in [0.29, 0.717) is 11.3 Å². The van der Waals surface area contributed by atoms with Gasteiger partial charge in [0.2, 0.25) is 0 Å². The zero-order chi connectivity index (χ0) is 16.8. The van der Waals surface area contributed by atoms with Gasteiger partial charge in [0.1, 0.15) is 5.82 Å². The lowest BCUT2D eigenvalue weighted by Crippen LogP contribution is -2.19. The third kappa shape index (κ3) is 4.66. The molecule has 6 heteroatoms. The van der Waals surface area contributed by atoms with Gasteiger partial charge in [0.05, 0.1) is 22.5 Å². The van der Waals surface area contributed by atoms with Gasteiger partial charge in [-0.05, 0) is 30.7 Å². The third-order valence-corrected chi connectivity index (χ3v) is 3.74. The molecule has 0 saturated carbocycles. The molecule has 122 valence electrons. The van der Waals surface area contributed by atoms with Crippen molar-refractivity contribution in [2.24, 2.45) is 0 Å². The van der Waals surface area contributed by atoms with Gasteiger partial charge >= 0.3 is 0 Å². The summed E-state index contributed by atoms with van der Waals surface area (Å²) >= 11 is 5.71. The van der Waals surface area contributed by atoms with Crippen LogP contribution in [0.5, 0.6) is 0 Å². The maximum Gasteiger partial charge on any atom is 0.257 e. The van der Waals surface area contributed by atoms with Crippen LogP contribution in [0.4, 0.5) is 15.8 Å². The molecule has 1 aromatic heterocycles. The van der Waals surface area contributed by atoms with E-state index in [1.807, 2.05) is 7.05 Å². The summed E-state index contributed by atoms with van der Waals surface area (Å²) in [4.78, 5) is 18.5. The Morgan fingerprint density at radius 2 is 2.13 bits per heavy atom. The molecular weight excluding hydrogens is 317 g/mol. The number of amides is 1. The summed E-state index contributed by atoms with van der Waals surface area (Å²) in [5.74, 6) is -0.836. The average molecular weight is 336 g/mol. The van der Waals surface area contributed by atoms with Gasteiger partial charge in [-0.25, -0.2) is 4.39 Å². The Kier molecular flexibility index (Phi) is 5.93. The zero-order valence-corrected chi connectivity index (χ0v) is 13.9. The highest BCUT2D eigenvalue weighted by atomic mass is 35.5. The summed E-state index contributed by atoms with van der Waals surface area (Å²) in [6, 6.07) is 5.83. The van der Waals surface area contributed by atoms with E-state index in [2.05, 4.69) is 22.1 Å². The topological polar surface area (TPSA) is 45.2 Å². The molecule has 0 unspecified atom stereocenters. The van der Waals surface area contributed by atoms with Crippen molar-refractivity contribution in [1.29, 1.82) is 0 Å². The van der Waals surface area contributed by atoms with Crippen molar-refractivity contribution >= 4 is 28.9 Å². The molecule has 0 atom stereocenters. The van der Waals surface area contributed by atoms with E-state index in [-0.39, 0.29) is 10.9 Å². The number of hydrogen-bond donors (Lipinski definition) is 1. The molecule has 1 N–H and O–H groups in total. The van der Waals surface area contributed by atoms with Crippen molar-refractivity contribution in [3.8, 4) is 0 Å². The van der Waals surface area contributed by atoms with Crippen molar-refractivity contribution < 1.29 is 9.18 Å². The fourth-order valence-corrected chi connectivity index (χ4v) is 2.24. The van der Waals surface area contributed by atoms with Gasteiger partial charge in [0.25, 0.3) is 5.91 Å². The number of rotatable bonds is 6. The van der Waals surface area contributed by atoms with Crippen LogP contribution in [0.1, 0.15) is 30.1 Å². The molecule has 0 aliphatic carbocycles. The first-order valence-electron chi connectivity index (χ1n) is 7.44. The predicted molar refractivity (Wildman–Crippen MR) is 91.8 cm³/mol. The van der Waals surface area contributed by atoms with Crippen LogP contribution in [0.2, 0.25) is 5.02 Å². The minimum atomic E-state index is -0.522. The van der Waals surface area contributed by atoms with Crippen LogP contribution in [-0.4, -0.2) is 24.5 Å². The lowest BCUT2D eigenvalue weighted by molar-refractivity contribution is 0.102. The number of anilines is 2. The first-order chi connectivity index (χ1) is 11.0. The molecule has 23 heavy (non-hydrogen) atoms. The fraction of sp³-hybridized carbons (Fsp3) is 0.294. The normalized spacial score (nSPS) is 10.4. The molecule has 0 aliphatic rings. The number of pyridine rings is 1. The second kappa shape index (κ2) is 7.92. The minimum Gasteiger partial charge on any atom is -0.373 e. The van der Waals surface area contributed by atoms with E-state index in [0.717, 1.165) is 25.1 Å². The molecular formula is C17H19ClFN3O. The number of benzene rings is 1. The maximum atomic E-state index is 13.1. The molecule has 0 spiro atoms. The van der Waals surface area contributed by atoms with E-state index < -0.39 is 5.82 Å². The van der Waals surface area contributed by atoms with Gasteiger partial charge in [0.15, 0.2) is 0 Å². The van der Waals surface area contributed by atoms with Gasteiger partial charge in [-0.2, -0.15) is 0 Å². The van der Waals surface area contributed by atoms with E-state index >= 15 is 0 Å². The Labute approximate surface area is 140 Å². The van der Waals surface area contributed by atoms with Crippen molar-refractivity contribution in [3.05, 3.63) is 53.1 Å². The summed E-state index contributed by atoms with van der Waals surface area (Å²) in [6.45, 7) is 3.03. The molecule has 1 heterocycles. The lowest BCUT2D eigenvalue weighted by atomic mass is 10.2. The molecule has 0 saturated heterocycles. The molecule has 2 rings (SSSR count). The summed E-state index contributed by atoms with van der Waals surface area (Å²) in [5.41, 5.74) is 1.75. The molecule has 0 radical (unpaired) electrons. The Morgan fingerprint density at radius 1 is 1.35 bits per heavy atom. The van der Waals surface area contributed by atoms with Gasteiger partial charge < -0.3 is 10.2 Å². The van der Waals surface area contributed by atoms with Crippen LogP contribution in [-0.2, 0) is 0 Å². The highest BCUT2D eigenvalue weighted by molar-refractivity contribution is 6.31. The quantitative estimate of drug-likeness (QED) is 0.853. The molecule has 0 aliphatic heterocycles. The SMILES string of the molecule is CCCCN(C)c1cncc(C(=O)Nc2ccc(F)c(Cl)c2)c1.